The van der Waals surface area contributed by atoms with Crippen LogP contribution < -0.4 is 15.4 Å². The number of hydrogen-bond acceptors (Lipinski definition) is 4. The molecule has 0 bridgehead atoms. The summed E-state index contributed by atoms with van der Waals surface area (Å²) in [6.45, 7) is 1.66. The van der Waals surface area contributed by atoms with Crippen molar-refractivity contribution in [3.8, 4) is 5.88 Å². The maximum absolute atomic E-state index is 13.6. The highest BCUT2D eigenvalue weighted by atomic mass is 19.1. The first-order chi connectivity index (χ1) is 12.1. The van der Waals surface area contributed by atoms with Crippen molar-refractivity contribution in [2.24, 2.45) is 0 Å². The van der Waals surface area contributed by atoms with Gasteiger partial charge >= 0.3 is 6.03 Å². The molecule has 3 rings (SSSR count). The minimum Gasteiger partial charge on any atom is -0.472 e. The zero-order chi connectivity index (χ0) is 17.6. The predicted octanol–water partition coefficient (Wildman–Crippen LogP) is 1.44. The van der Waals surface area contributed by atoms with Crippen LogP contribution in [0, 0.1) is 5.82 Å². The maximum Gasteiger partial charge on any atom is 0.318 e. The number of carbonyl (C=O) groups is 2. The molecule has 2 N–H and O–H groups in total. The molecule has 2 fully saturated rings. The molecule has 2 aliphatic heterocycles. The zero-order valence-corrected chi connectivity index (χ0v) is 14.0. The molecule has 1 aromatic heterocycles. The quantitative estimate of drug-likeness (QED) is 0.864. The van der Waals surface area contributed by atoms with Gasteiger partial charge in [-0.15, -0.1) is 0 Å². The summed E-state index contributed by atoms with van der Waals surface area (Å²) < 4.78 is 19.2. The third-order valence-electron chi connectivity index (χ3n) is 4.57. The summed E-state index contributed by atoms with van der Waals surface area (Å²) in [5, 5.41) is 5.62. The van der Waals surface area contributed by atoms with E-state index in [-0.39, 0.29) is 23.9 Å². The van der Waals surface area contributed by atoms with Gasteiger partial charge in [-0.3, -0.25) is 4.79 Å². The Kier molecular flexibility index (Phi) is 5.67. The van der Waals surface area contributed by atoms with Gasteiger partial charge in [0.15, 0.2) is 5.82 Å². The summed E-state index contributed by atoms with van der Waals surface area (Å²) in [6.07, 6.45) is 5.02. The molecule has 136 valence electrons. The van der Waals surface area contributed by atoms with Crippen LogP contribution in [0.25, 0.3) is 0 Å². The average Bonchev–Trinajstić information content (AvgIpc) is 2.82. The van der Waals surface area contributed by atoms with E-state index in [1.807, 2.05) is 0 Å². The van der Waals surface area contributed by atoms with Crippen LogP contribution in [-0.4, -0.2) is 53.6 Å². The van der Waals surface area contributed by atoms with Gasteiger partial charge in [0.1, 0.15) is 12.1 Å². The zero-order valence-electron chi connectivity index (χ0n) is 14.0. The lowest BCUT2D eigenvalue weighted by Gasteiger charge is -2.32. The largest absolute Gasteiger partial charge is 0.472 e. The molecule has 25 heavy (non-hydrogen) atoms. The number of halogens is 1. The van der Waals surface area contributed by atoms with Gasteiger partial charge in [0.05, 0.1) is 0 Å². The number of pyridine rings is 1. The van der Waals surface area contributed by atoms with Crippen molar-refractivity contribution in [1.82, 2.24) is 20.5 Å². The highest BCUT2D eigenvalue weighted by molar-refractivity contribution is 5.87. The lowest BCUT2D eigenvalue weighted by atomic mass is 10.1. The van der Waals surface area contributed by atoms with E-state index in [0.29, 0.717) is 38.9 Å². The summed E-state index contributed by atoms with van der Waals surface area (Å²) in [5.74, 6) is -0.600. The SMILES string of the molecule is O=C1NCCCCC1NC(=O)N1CCC(Oc2ncccc2F)CC1. The number of nitrogens with zero attached hydrogens (tertiary/aromatic N) is 2. The molecule has 0 aromatic carbocycles. The van der Waals surface area contributed by atoms with E-state index in [4.69, 9.17) is 4.74 Å². The highest BCUT2D eigenvalue weighted by Gasteiger charge is 2.28. The smallest absolute Gasteiger partial charge is 0.318 e. The molecular weight excluding hydrogens is 327 g/mol. The van der Waals surface area contributed by atoms with Crippen LogP contribution in [0.4, 0.5) is 9.18 Å². The van der Waals surface area contributed by atoms with Gasteiger partial charge in [0.2, 0.25) is 5.91 Å². The first-order valence-corrected chi connectivity index (χ1v) is 8.74. The molecule has 0 spiro atoms. The fourth-order valence-corrected chi connectivity index (χ4v) is 3.11. The fraction of sp³-hybridized carbons (Fsp3) is 0.588. The number of amides is 3. The molecule has 3 heterocycles. The number of urea groups is 1. The second kappa shape index (κ2) is 8.13. The van der Waals surface area contributed by atoms with Crippen molar-refractivity contribution in [3.05, 3.63) is 24.1 Å². The second-order valence-corrected chi connectivity index (χ2v) is 6.38. The molecule has 1 unspecified atom stereocenters. The first kappa shape index (κ1) is 17.4. The Morgan fingerprint density at radius 1 is 1.32 bits per heavy atom. The van der Waals surface area contributed by atoms with E-state index < -0.39 is 11.9 Å². The first-order valence-electron chi connectivity index (χ1n) is 8.74. The van der Waals surface area contributed by atoms with Gasteiger partial charge in [-0.1, -0.05) is 0 Å². The van der Waals surface area contributed by atoms with Gasteiger partial charge in [-0.05, 0) is 31.4 Å². The van der Waals surface area contributed by atoms with E-state index in [1.165, 1.54) is 18.3 Å². The second-order valence-electron chi connectivity index (χ2n) is 6.38. The third kappa shape index (κ3) is 4.58. The molecular formula is C17H23FN4O3. The van der Waals surface area contributed by atoms with Crippen LogP contribution in [0.2, 0.25) is 0 Å². The normalized spacial score (nSPS) is 22.0. The van der Waals surface area contributed by atoms with Gasteiger partial charge in [0.25, 0.3) is 5.88 Å². The Balaban J connectivity index is 1.47. The van der Waals surface area contributed by atoms with Gasteiger partial charge in [0, 0.05) is 38.7 Å². The van der Waals surface area contributed by atoms with Crippen LogP contribution in [0.5, 0.6) is 5.88 Å². The summed E-state index contributed by atoms with van der Waals surface area (Å²) in [6, 6.07) is 2.12. The molecule has 2 aliphatic rings. The highest BCUT2D eigenvalue weighted by Crippen LogP contribution is 2.19. The monoisotopic (exact) mass is 350 g/mol. The predicted molar refractivity (Wildman–Crippen MR) is 88.6 cm³/mol. The molecule has 7 nitrogen and oxygen atoms in total. The van der Waals surface area contributed by atoms with Crippen LogP contribution >= 0.6 is 0 Å². The van der Waals surface area contributed by atoms with E-state index in [1.54, 1.807) is 4.90 Å². The Morgan fingerprint density at radius 2 is 2.12 bits per heavy atom. The summed E-state index contributed by atoms with van der Waals surface area (Å²) in [5.41, 5.74) is 0. The Hall–Kier alpha value is -2.38. The van der Waals surface area contributed by atoms with Crippen molar-refractivity contribution in [1.29, 1.82) is 0 Å². The van der Waals surface area contributed by atoms with Crippen molar-refractivity contribution in [2.75, 3.05) is 19.6 Å². The Bertz CT molecular complexity index is 620. The van der Waals surface area contributed by atoms with E-state index in [2.05, 4.69) is 15.6 Å². The van der Waals surface area contributed by atoms with Gasteiger partial charge < -0.3 is 20.3 Å². The lowest BCUT2D eigenvalue weighted by molar-refractivity contribution is -0.122. The number of nitrogens with one attached hydrogen (secondary N) is 2. The summed E-state index contributed by atoms with van der Waals surface area (Å²) >= 11 is 0. The Labute approximate surface area is 145 Å². The van der Waals surface area contributed by atoms with E-state index in [0.717, 1.165) is 12.8 Å². The number of ether oxygens (including phenoxy) is 1. The number of hydrogen-bond donors (Lipinski definition) is 2. The molecule has 8 heteroatoms. The number of carbonyl (C=O) groups excluding carboxylic acids is 2. The number of aromatic nitrogens is 1. The number of piperidine rings is 1. The van der Waals surface area contributed by atoms with Gasteiger partial charge in [-0.2, -0.15) is 0 Å². The molecule has 2 saturated heterocycles. The topological polar surface area (TPSA) is 83.6 Å². The van der Waals surface area contributed by atoms with Gasteiger partial charge in [-0.25, -0.2) is 14.2 Å². The van der Waals surface area contributed by atoms with E-state index in [9.17, 15) is 14.0 Å². The van der Waals surface area contributed by atoms with Crippen molar-refractivity contribution < 1.29 is 18.7 Å². The number of likely N-dealkylation sites (tertiary alicyclic amines) is 1. The maximum atomic E-state index is 13.6. The van der Waals surface area contributed by atoms with Crippen LogP contribution in [0.15, 0.2) is 18.3 Å². The summed E-state index contributed by atoms with van der Waals surface area (Å²) in [4.78, 5) is 29.8. The van der Waals surface area contributed by atoms with E-state index >= 15 is 0 Å². The van der Waals surface area contributed by atoms with Crippen LogP contribution in [0.1, 0.15) is 32.1 Å². The standard InChI is InChI=1S/C17H23FN4O3/c18-13-4-3-9-20-16(13)25-12-6-10-22(11-7-12)17(24)21-14-5-1-2-8-19-15(14)23/h3-4,9,12,14H,1-2,5-8,10-11H2,(H,19,23)(H,21,24). The average molecular weight is 350 g/mol. The molecule has 0 saturated carbocycles. The molecule has 0 radical (unpaired) electrons. The van der Waals surface area contributed by atoms with Crippen LogP contribution in [-0.2, 0) is 4.79 Å². The number of rotatable bonds is 3. The molecule has 3 amide bonds. The molecule has 1 atom stereocenters. The third-order valence-corrected chi connectivity index (χ3v) is 4.57. The van der Waals surface area contributed by atoms with Crippen molar-refractivity contribution in [3.63, 3.8) is 0 Å². The van der Waals surface area contributed by atoms with Crippen molar-refractivity contribution in [2.45, 2.75) is 44.2 Å². The minimum absolute atomic E-state index is 0.000489. The fourth-order valence-electron chi connectivity index (χ4n) is 3.11. The summed E-state index contributed by atoms with van der Waals surface area (Å²) in [7, 11) is 0. The van der Waals surface area contributed by atoms with Crippen molar-refractivity contribution >= 4 is 11.9 Å². The molecule has 0 aliphatic carbocycles. The Morgan fingerprint density at radius 3 is 2.88 bits per heavy atom. The lowest BCUT2D eigenvalue weighted by Crippen LogP contribution is -2.52. The minimum atomic E-state index is -0.484. The molecule has 1 aromatic rings. The van der Waals surface area contributed by atoms with Crippen LogP contribution in [0.3, 0.4) is 0 Å².